The summed E-state index contributed by atoms with van der Waals surface area (Å²) in [5, 5.41) is 3.49. The number of amides is 1. The molecular weight excluding hydrogens is 329 g/mol. The lowest BCUT2D eigenvalue weighted by atomic mass is 10.1. The average molecular weight is 346 g/mol. The molecule has 2 N–H and O–H groups in total. The number of hydrogen-bond donors (Lipinski definition) is 2. The highest BCUT2D eigenvalue weighted by molar-refractivity contribution is 6.31. The van der Waals surface area contributed by atoms with Gasteiger partial charge in [0.2, 0.25) is 0 Å². The predicted molar refractivity (Wildman–Crippen MR) is 91.6 cm³/mol. The number of aromatic amines is 1. The summed E-state index contributed by atoms with van der Waals surface area (Å²) in [6.45, 7) is 2.11. The first-order valence-electron chi connectivity index (χ1n) is 7.82. The molecule has 4 rings (SSSR count). The van der Waals surface area contributed by atoms with Crippen LogP contribution in [0.2, 0.25) is 5.02 Å². The van der Waals surface area contributed by atoms with Gasteiger partial charge in [-0.1, -0.05) is 18.5 Å². The highest BCUT2D eigenvalue weighted by atomic mass is 35.5. The Balaban J connectivity index is 1.66. The molecule has 0 unspecified atom stereocenters. The van der Waals surface area contributed by atoms with Crippen molar-refractivity contribution in [1.29, 1.82) is 0 Å². The Morgan fingerprint density at radius 3 is 2.83 bits per heavy atom. The van der Waals surface area contributed by atoms with Gasteiger partial charge in [0.25, 0.3) is 5.91 Å². The Hall–Kier alpha value is -2.27. The van der Waals surface area contributed by atoms with Crippen LogP contribution in [0.4, 0.5) is 4.39 Å². The number of nitrogens with zero attached hydrogens (tertiary/aromatic N) is 1. The molecule has 0 saturated heterocycles. The van der Waals surface area contributed by atoms with Crippen LogP contribution in [0.25, 0.3) is 10.9 Å². The fraction of sp³-hybridized carbons (Fsp3) is 0.278. The molecule has 2 atom stereocenters. The third-order valence-electron chi connectivity index (χ3n) is 4.93. The number of aromatic nitrogens is 2. The van der Waals surface area contributed by atoms with E-state index in [2.05, 4.69) is 17.2 Å². The summed E-state index contributed by atoms with van der Waals surface area (Å²) in [4.78, 5) is 15.7. The van der Waals surface area contributed by atoms with Gasteiger partial charge in [-0.25, -0.2) is 4.39 Å². The molecule has 0 spiro atoms. The van der Waals surface area contributed by atoms with Crippen LogP contribution < -0.4 is 5.32 Å². The molecule has 1 aliphatic rings. The molecule has 4 nitrogen and oxygen atoms in total. The van der Waals surface area contributed by atoms with E-state index in [1.165, 1.54) is 12.1 Å². The first kappa shape index (κ1) is 15.3. The maximum atomic E-state index is 14.1. The van der Waals surface area contributed by atoms with Crippen molar-refractivity contribution in [3.63, 3.8) is 0 Å². The fourth-order valence-electron chi connectivity index (χ4n) is 3.37. The summed E-state index contributed by atoms with van der Waals surface area (Å²) in [5.74, 6) is -0.392. The van der Waals surface area contributed by atoms with Crippen molar-refractivity contribution in [1.82, 2.24) is 14.9 Å². The number of aryl methyl sites for hydroxylation is 1. The number of rotatable bonds is 3. The van der Waals surface area contributed by atoms with Crippen LogP contribution in [0, 0.1) is 11.7 Å². The lowest BCUT2D eigenvalue weighted by molar-refractivity contribution is 0.0923. The van der Waals surface area contributed by atoms with Gasteiger partial charge in [0.1, 0.15) is 5.69 Å². The SMILES string of the molecule is C[C@H]1C[C@@]1(NC(=O)c1cc2c(F)c(Cl)ccc2[nH]1)c1ccn(C)c1. The second-order valence-electron chi connectivity index (χ2n) is 6.60. The molecule has 124 valence electrons. The van der Waals surface area contributed by atoms with Crippen molar-refractivity contribution >= 4 is 28.4 Å². The van der Waals surface area contributed by atoms with Gasteiger partial charge in [-0.05, 0) is 42.2 Å². The second-order valence-corrected chi connectivity index (χ2v) is 7.01. The average Bonchev–Trinajstić information content (AvgIpc) is 2.95. The molecule has 1 aliphatic carbocycles. The zero-order valence-corrected chi connectivity index (χ0v) is 14.1. The molecule has 0 radical (unpaired) electrons. The van der Waals surface area contributed by atoms with Crippen LogP contribution in [-0.2, 0) is 12.6 Å². The highest BCUT2D eigenvalue weighted by Gasteiger charge is 2.54. The van der Waals surface area contributed by atoms with Gasteiger partial charge >= 0.3 is 0 Å². The molecule has 2 heterocycles. The molecule has 1 amide bonds. The van der Waals surface area contributed by atoms with Crippen molar-refractivity contribution in [3.05, 3.63) is 58.8 Å². The maximum absolute atomic E-state index is 14.1. The Morgan fingerprint density at radius 1 is 1.46 bits per heavy atom. The fourth-order valence-corrected chi connectivity index (χ4v) is 3.54. The Labute approximate surface area is 143 Å². The van der Waals surface area contributed by atoms with E-state index in [0.29, 0.717) is 22.5 Å². The van der Waals surface area contributed by atoms with Crippen LogP contribution in [0.1, 0.15) is 29.4 Å². The number of nitrogens with one attached hydrogen (secondary N) is 2. The lowest BCUT2D eigenvalue weighted by Gasteiger charge is -2.17. The molecule has 6 heteroatoms. The van der Waals surface area contributed by atoms with Crippen molar-refractivity contribution in [2.45, 2.75) is 18.9 Å². The van der Waals surface area contributed by atoms with Gasteiger partial charge < -0.3 is 14.9 Å². The number of benzene rings is 1. The Bertz CT molecular complexity index is 960. The normalized spacial score (nSPS) is 22.8. The van der Waals surface area contributed by atoms with Crippen molar-refractivity contribution in [2.75, 3.05) is 0 Å². The van der Waals surface area contributed by atoms with Gasteiger partial charge in [-0.2, -0.15) is 0 Å². The molecule has 2 aromatic heterocycles. The monoisotopic (exact) mass is 345 g/mol. The first-order chi connectivity index (χ1) is 11.4. The van der Waals surface area contributed by atoms with Crippen LogP contribution in [0.5, 0.6) is 0 Å². The number of carbonyl (C=O) groups excluding carboxylic acids is 1. The van der Waals surface area contributed by atoms with Gasteiger partial charge in [-0.15, -0.1) is 0 Å². The summed E-state index contributed by atoms with van der Waals surface area (Å²) in [6.07, 6.45) is 4.88. The summed E-state index contributed by atoms with van der Waals surface area (Å²) < 4.78 is 16.0. The first-order valence-corrected chi connectivity index (χ1v) is 8.20. The lowest BCUT2D eigenvalue weighted by Crippen LogP contribution is -2.36. The quantitative estimate of drug-likeness (QED) is 0.741. The summed E-state index contributed by atoms with van der Waals surface area (Å²) in [6, 6.07) is 6.68. The number of H-pyrrole nitrogens is 1. The van der Waals surface area contributed by atoms with E-state index in [1.54, 1.807) is 6.07 Å². The van der Waals surface area contributed by atoms with E-state index in [1.807, 2.05) is 30.1 Å². The van der Waals surface area contributed by atoms with Gasteiger partial charge in [0.05, 0.1) is 10.6 Å². The summed E-state index contributed by atoms with van der Waals surface area (Å²) in [7, 11) is 1.95. The van der Waals surface area contributed by atoms with Crippen LogP contribution in [-0.4, -0.2) is 15.5 Å². The third kappa shape index (κ3) is 2.23. The van der Waals surface area contributed by atoms with E-state index < -0.39 is 5.82 Å². The largest absolute Gasteiger partial charge is 0.357 e. The summed E-state index contributed by atoms with van der Waals surface area (Å²) in [5.41, 5.74) is 1.64. The van der Waals surface area contributed by atoms with Crippen LogP contribution >= 0.6 is 11.6 Å². The predicted octanol–water partition coefficient (Wildman–Crippen LogP) is 3.96. The molecule has 24 heavy (non-hydrogen) atoms. The Morgan fingerprint density at radius 2 is 2.21 bits per heavy atom. The topological polar surface area (TPSA) is 49.8 Å². The minimum atomic E-state index is -0.512. The third-order valence-corrected chi connectivity index (χ3v) is 5.22. The minimum Gasteiger partial charge on any atom is -0.357 e. The minimum absolute atomic E-state index is 0.0463. The van der Waals surface area contributed by atoms with E-state index in [0.717, 1.165) is 12.0 Å². The van der Waals surface area contributed by atoms with Crippen molar-refractivity contribution in [2.24, 2.45) is 13.0 Å². The Kier molecular flexibility index (Phi) is 3.25. The number of fused-ring (bicyclic) bond motifs is 1. The highest BCUT2D eigenvalue weighted by Crippen LogP contribution is 2.51. The number of hydrogen-bond acceptors (Lipinski definition) is 1. The van der Waals surface area contributed by atoms with E-state index in [-0.39, 0.29) is 16.5 Å². The van der Waals surface area contributed by atoms with E-state index >= 15 is 0 Å². The molecule has 0 bridgehead atoms. The van der Waals surface area contributed by atoms with E-state index in [4.69, 9.17) is 11.6 Å². The summed E-state index contributed by atoms with van der Waals surface area (Å²) >= 11 is 5.80. The van der Waals surface area contributed by atoms with Gasteiger partial charge in [0, 0.05) is 30.3 Å². The van der Waals surface area contributed by atoms with Crippen LogP contribution in [0.15, 0.2) is 36.7 Å². The zero-order valence-electron chi connectivity index (χ0n) is 13.4. The maximum Gasteiger partial charge on any atom is 0.268 e. The van der Waals surface area contributed by atoms with Crippen molar-refractivity contribution in [3.8, 4) is 0 Å². The van der Waals surface area contributed by atoms with Gasteiger partial charge in [0.15, 0.2) is 5.82 Å². The molecule has 1 saturated carbocycles. The molecule has 3 aromatic rings. The number of halogens is 2. The standard InChI is InChI=1S/C18H17ClFN3O/c1-10-8-18(10,11-5-6-23(2)9-11)22-17(24)15-7-12-14(21-15)4-3-13(19)16(12)20/h3-7,9-10,21H,8H2,1-2H3,(H,22,24)/t10-,18-/m0/s1. The second kappa shape index (κ2) is 5.11. The van der Waals surface area contributed by atoms with Crippen LogP contribution in [0.3, 0.4) is 0 Å². The van der Waals surface area contributed by atoms with Gasteiger partial charge in [-0.3, -0.25) is 4.79 Å². The molecule has 0 aliphatic heterocycles. The number of carbonyl (C=O) groups is 1. The zero-order chi connectivity index (χ0) is 17.1. The molecular formula is C18H17ClFN3O. The van der Waals surface area contributed by atoms with E-state index in [9.17, 15) is 9.18 Å². The molecule has 1 aromatic carbocycles. The smallest absolute Gasteiger partial charge is 0.268 e. The van der Waals surface area contributed by atoms with Crippen molar-refractivity contribution < 1.29 is 9.18 Å². The molecule has 1 fully saturated rings.